The van der Waals surface area contributed by atoms with Crippen LogP contribution in [0, 0.1) is 0 Å². The number of rotatable bonds is 10. The Labute approximate surface area is 214 Å². The van der Waals surface area contributed by atoms with Gasteiger partial charge < -0.3 is 9.64 Å². The van der Waals surface area contributed by atoms with Crippen molar-refractivity contribution >= 4 is 5.91 Å². The van der Waals surface area contributed by atoms with Gasteiger partial charge in [0.25, 0.3) is 0 Å². The Morgan fingerprint density at radius 2 is 1.22 bits per heavy atom. The standard InChI is InChI=1S/C32H34N2O2/c1-25(23-34(26(2)35)24-27-15-13-14-22-31(27)36-3)33-32(28-16-7-4-8-17-28,29-18-9-5-10-19-29)30-20-11-6-12-21-30/h4-22,25,33H,23-24H2,1-3H3. The summed E-state index contributed by atoms with van der Waals surface area (Å²) in [6, 6.07) is 39.4. The summed E-state index contributed by atoms with van der Waals surface area (Å²) in [5.74, 6) is 0.816. The van der Waals surface area contributed by atoms with Crippen LogP contribution in [0.1, 0.15) is 36.1 Å². The normalized spacial score (nSPS) is 12.1. The third-order valence-corrected chi connectivity index (χ3v) is 6.58. The van der Waals surface area contributed by atoms with Gasteiger partial charge in [0, 0.05) is 31.6 Å². The maximum absolute atomic E-state index is 12.7. The summed E-state index contributed by atoms with van der Waals surface area (Å²) < 4.78 is 5.53. The number of nitrogens with zero attached hydrogens (tertiary/aromatic N) is 1. The van der Waals surface area contributed by atoms with E-state index in [9.17, 15) is 4.79 Å². The molecule has 0 bridgehead atoms. The zero-order chi connectivity index (χ0) is 25.4. The van der Waals surface area contributed by atoms with E-state index in [1.54, 1.807) is 14.0 Å². The topological polar surface area (TPSA) is 41.6 Å². The fourth-order valence-electron chi connectivity index (χ4n) is 4.90. The quantitative estimate of drug-likeness (QED) is 0.284. The van der Waals surface area contributed by atoms with E-state index in [4.69, 9.17) is 4.74 Å². The fourth-order valence-corrected chi connectivity index (χ4v) is 4.90. The molecule has 4 aromatic rings. The Kier molecular flexibility index (Phi) is 8.19. The summed E-state index contributed by atoms with van der Waals surface area (Å²) in [5, 5.41) is 3.95. The average Bonchev–Trinajstić information content (AvgIpc) is 2.93. The predicted octanol–water partition coefficient (Wildman–Crippen LogP) is 6.01. The molecule has 4 nitrogen and oxygen atoms in total. The summed E-state index contributed by atoms with van der Waals surface area (Å²) in [5.41, 5.74) is 3.84. The molecule has 0 radical (unpaired) electrons. The molecule has 4 heteroatoms. The van der Waals surface area contributed by atoms with Gasteiger partial charge in [-0.25, -0.2) is 0 Å². The average molecular weight is 479 g/mol. The minimum absolute atomic E-state index is 0.0239. The first-order valence-electron chi connectivity index (χ1n) is 12.4. The zero-order valence-corrected chi connectivity index (χ0v) is 21.2. The number of hydrogen-bond acceptors (Lipinski definition) is 3. The lowest BCUT2D eigenvalue weighted by Crippen LogP contribution is -2.52. The second kappa shape index (κ2) is 11.7. The molecule has 1 unspecified atom stereocenters. The molecule has 0 aromatic heterocycles. The van der Waals surface area contributed by atoms with Crippen LogP contribution in [0.15, 0.2) is 115 Å². The molecule has 0 aliphatic carbocycles. The number of ether oxygens (including phenoxy) is 1. The summed E-state index contributed by atoms with van der Waals surface area (Å²) in [4.78, 5) is 14.6. The van der Waals surface area contributed by atoms with Crippen molar-refractivity contribution in [3.05, 3.63) is 138 Å². The number of nitrogens with one attached hydrogen (secondary N) is 1. The summed E-state index contributed by atoms with van der Waals surface area (Å²) in [6.45, 7) is 4.80. The Bertz CT molecular complexity index is 1150. The molecule has 0 fully saturated rings. The number of carbonyl (C=O) groups is 1. The molecule has 4 rings (SSSR count). The lowest BCUT2D eigenvalue weighted by Gasteiger charge is -2.40. The number of para-hydroxylation sites is 1. The van der Waals surface area contributed by atoms with Crippen LogP contribution >= 0.6 is 0 Å². The molecule has 1 N–H and O–H groups in total. The van der Waals surface area contributed by atoms with Crippen molar-refractivity contribution in [2.45, 2.75) is 32.0 Å². The van der Waals surface area contributed by atoms with Gasteiger partial charge in [0.2, 0.25) is 5.91 Å². The predicted molar refractivity (Wildman–Crippen MR) is 146 cm³/mol. The van der Waals surface area contributed by atoms with Gasteiger partial charge in [0.05, 0.1) is 12.6 Å². The van der Waals surface area contributed by atoms with Crippen molar-refractivity contribution in [2.24, 2.45) is 0 Å². The van der Waals surface area contributed by atoms with Crippen LogP contribution in [0.3, 0.4) is 0 Å². The van der Waals surface area contributed by atoms with Gasteiger partial charge >= 0.3 is 0 Å². The van der Waals surface area contributed by atoms with Crippen LogP contribution in [0.25, 0.3) is 0 Å². The number of amides is 1. The maximum Gasteiger partial charge on any atom is 0.219 e. The molecule has 0 saturated heterocycles. The van der Waals surface area contributed by atoms with Crippen molar-refractivity contribution in [2.75, 3.05) is 13.7 Å². The molecule has 0 aliphatic heterocycles. The number of methoxy groups -OCH3 is 1. The van der Waals surface area contributed by atoms with Crippen LogP contribution in [-0.4, -0.2) is 30.5 Å². The SMILES string of the molecule is COc1ccccc1CN(CC(C)NC(c1ccccc1)(c1ccccc1)c1ccccc1)C(C)=O. The Morgan fingerprint density at radius 3 is 1.67 bits per heavy atom. The minimum atomic E-state index is -0.587. The third-order valence-electron chi connectivity index (χ3n) is 6.58. The number of hydrogen-bond donors (Lipinski definition) is 1. The maximum atomic E-state index is 12.7. The van der Waals surface area contributed by atoms with Crippen LogP contribution in [0.5, 0.6) is 5.75 Å². The molecule has 36 heavy (non-hydrogen) atoms. The molecular weight excluding hydrogens is 444 g/mol. The highest BCUT2D eigenvalue weighted by Gasteiger charge is 2.37. The Morgan fingerprint density at radius 1 is 0.778 bits per heavy atom. The van der Waals surface area contributed by atoms with E-state index in [0.29, 0.717) is 13.1 Å². The smallest absolute Gasteiger partial charge is 0.219 e. The minimum Gasteiger partial charge on any atom is -0.496 e. The van der Waals surface area contributed by atoms with Gasteiger partial charge in [0.15, 0.2) is 0 Å². The highest BCUT2D eigenvalue weighted by molar-refractivity contribution is 5.73. The van der Waals surface area contributed by atoms with Gasteiger partial charge in [-0.2, -0.15) is 0 Å². The van der Waals surface area contributed by atoms with E-state index in [0.717, 1.165) is 28.0 Å². The van der Waals surface area contributed by atoms with Crippen molar-refractivity contribution in [1.82, 2.24) is 10.2 Å². The second-order valence-corrected chi connectivity index (χ2v) is 9.10. The molecule has 0 spiro atoms. The molecule has 0 heterocycles. The van der Waals surface area contributed by atoms with Gasteiger partial charge in [-0.05, 0) is 29.7 Å². The van der Waals surface area contributed by atoms with Gasteiger partial charge in [-0.1, -0.05) is 109 Å². The van der Waals surface area contributed by atoms with Gasteiger partial charge in [-0.3, -0.25) is 10.1 Å². The van der Waals surface area contributed by atoms with E-state index >= 15 is 0 Å². The van der Waals surface area contributed by atoms with Gasteiger partial charge in [-0.15, -0.1) is 0 Å². The van der Waals surface area contributed by atoms with Crippen molar-refractivity contribution in [3.63, 3.8) is 0 Å². The third kappa shape index (κ3) is 5.50. The molecule has 184 valence electrons. The monoisotopic (exact) mass is 478 g/mol. The van der Waals surface area contributed by atoms with E-state index in [-0.39, 0.29) is 11.9 Å². The van der Waals surface area contributed by atoms with Crippen LogP contribution < -0.4 is 10.1 Å². The van der Waals surface area contributed by atoms with E-state index in [1.165, 1.54) is 0 Å². The van der Waals surface area contributed by atoms with Crippen LogP contribution in [0.2, 0.25) is 0 Å². The first-order chi connectivity index (χ1) is 17.5. The lowest BCUT2D eigenvalue weighted by molar-refractivity contribution is -0.129. The van der Waals surface area contributed by atoms with E-state index < -0.39 is 5.54 Å². The number of carbonyl (C=O) groups excluding carboxylic acids is 1. The Hall–Kier alpha value is -3.89. The summed E-state index contributed by atoms with van der Waals surface area (Å²) >= 11 is 0. The van der Waals surface area contributed by atoms with Crippen molar-refractivity contribution < 1.29 is 9.53 Å². The highest BCUT2D eigenvalue weighted by Crippen LogP contribution is 2.37. The van der Waals surface area contributed by atoms with Crippen LogP contribution in [-0.2, 0) is 16.9 Å². The van der Waals surface area contributed by atoms with E-state index in [2.05, 4.69) is 85.0 Å². The zero-order valence-electron chi connectivity index (χ0n) is 21.2. The Balaban J connectivity index is 1.72. The molecule has 0 saturated carbocycles. The fraction of sp³-hybridized carbons (Fsp3) is 0.219. The molecule has 1 amide bonds. The van der Waals surface area contributed by atoms with Crippen molar-refractivity contribution in [1.29, 1.82) is 0 Å². The molecule has 1 atom stereocenters. The van der Waals surface area contributed by atoms with Gasteiger partial charge in [0.1, 0.15) is 5.75 Å². The number of benzene rings is 4. The van der Waals surface area contributed by atoms with Crippen molar-refractivity contribution in [3.8, 4) is 5.75 Å². The molecule has 4 aromatic carbocycles. The summed E-state index contributed by atoms with van der Waals surface area (Å²) in [6.07, 6.45) is 0. The van der Waals surface area contributed by atoms with E-state index in [1.807, 2.05) is 47.4 Å². The molecule has 0 aliphatic rings. The highest BCUT2D eigenvalue weighted by atomic mass is 16.5. The first kappa shape index (κ1) is 25.2. The van der Waals surface area contributed by atoms with Crippen LogP contribution in [0.4, 0.5) is 0 Å². The first-order valence-corrected chi connectivity index (χ1v) is 12.4. The molecular formula is C32H34N2O2. The lowest BCUT2D eigenvalue weighted by atomic mass is 9.76. The summed E-state index contributed by atoms with van der Waals surface area (Å²) in [7, 11) is 1.66. The largest absolute Gasteiger partial charge is 0.496 e. The second-order valence-electron chi connectivity index (χ2n) is 9.10.